The van der Waals surface area contributed by atoms with E-state index in [9.17, 15) is 10.1 Å². The Morgan fingerprint density at radius 1 is 1.44 bits per heavy atom. The fourth-order valence-corrected chi connectivity index (χ4v) is 1.70. The number of non-ortho nitro benzene ring substituents is 1. The minimum Gasteiger partial charge on any atom is -0.372 e. The summed E-state index contributed by atoms with van der Waals surface area (Å²) in [6.07, 6.45) is 1.31. The van der Waals surface area contributed by atoms with E-state index < -0.39 is 4.92 Å². The van der Waals surface area contributed by atoms with Crippen LogP contribution < -0.4 is 5.32 Å². The quantitative estimate of drug-likeness (QED) is 0.619. The van der Waals surface area contributed by atoms with E-state index in [1.165, 1.54) is 12.1 Å². The first-order chi connectivity index (χ1) is 7.75. The van der Waals surface area contributed by atoms with E-state index in [1.54, 1.807) is 12.1 Å². The van der Waals surface area contributed by atoms with Crippen molar-refractivity contribution in [3.63, 3.8) is 0 Å². The highest BCUT2D eigenvalue weighted by atomic mass is 16.6. The number of rotatable bonds is 4. The molecule has 86 valence electrons. The molecule has 1 atom stereocenters. The Hall–Kier alpha value is -1.46. The van der Waals surface area contributed by atoms with Gasteiger partial charge >= 0.3 is 0 Å². The summed E-state index contributed by atoms with van der Waals surface area (Å²) < 4.78 is 5.66. The minimum absolute atomic E-state index is 0.117. The van der Waals surface area contributed by atoms with Crippen LogP contribution in [0, 0.1) is 10.1 Å². The van der Waals surface area contributed by atoms with Crippen molar-refractivity contribution in [3.8, 4) is 0 Å². The molecule has 2 rings (SSSR count). The molecule has 5 nitrogen and oxygen atoms in total. The maximum atomic E-state index is 10.4. The molecular weight excluding hydrogens is 208 g/mol. The normalized spacial score (nSPS) is 19.9. The third-order valence-electron chi connectivity index (χ3n) is 2.65. The summed E-state index contributed by atoms with van der Waals surface area (Å²) in [5, 5.41) is 13.7. The maximum absolute atomic E-state index is 10.4. The molecule has 0 spiro atoms. The van der Waals surface area contributed by atoms with E-state index in [-0.39, 0.29) is 11.8 Å². The summed E-state index contributed by atoms with van der Waals surface area (Å²) in [5.74, 6) is 0. The lowest BCUT2D eigenvalue weighted by atomic mass is 10.2. The van der Waals surface area contributed by atoms with Crippen molar-refractivity contribution in [1.82, 2.24) is 5.32 Å². The van der Waals surface area contributed by atoms with Crippen LogP contribution in [-0.4, -0.2) is 24.1 Å². The van der Waals surface area contributed by atoms with E-state index in [4.69, 9.17) is 4.74 Å². The number of ether oxygens (including phenoxy) is 1. The van der Waals surface area contributed by atoms with E-state index in [2.05, 4.69) is 5.32 Å². The molecule has 1 aliphatic heterocycles. The van der Waals surface area contributed by atoms with E-state index in [1.807, 2.05) is 0 Å². The van der Waals surface area contributed by atoms with Gasteiger partial charge in [0.15, 0.2) is 0 Å². The van der Waals surface area contributed by atoms with Crippen molar-refractivity contribution in [2.75, 3.05) is 13.1 Å². The van der Waals surface area contributed by atoms with Gasteiger partial charge in [-0.15, -0.1) is 0 Å². The highest BCUT2D eigenvalue weighted by Gasteiger charge is 2.14. The lowest BCUT2D eigenvalue weighted by Crippen LogP contribution is -2.16. The second-order valence-electron chi connectivity index (χ2n) is 3.85. The first kappa shape index (κ1) is 11.0. The van der Waals surface area contributed by atoms with Crippen molar-refractivity contribution >= 4 is 5.69 Å². The summed E-state index contributed by atoms with van der Waals surface area (Å²) >= 11 is 0. The minimum atomic E-state index is -0.397. The summed E-state index contributed by atoms with van der Waals surface area (Å²) in [7, 11) is 0. The SMILES string of the molecule is O=[N+]([O-])c1ccc(CO[C@@H]2CCNC2)cc1. The smallest absolute Gasteiger partial charge is 0.269 e. The van der Waals surface area contributed by atoms with Gasteiger partial charge in [-0.3, -0.25) is 10.1 Å². The second kappa shape index (κ2) is 5.05. The van der Waals surface area contributed by atoms with Gasteiger partial charge in [-0.05, 0) is 30.7 Å². The molecule has 0 radical (unpaired) electrons. The summed E-state index contributed by atoms with van der Waals surface area (Å²) in [6, 6.07) is 6.48. The number of benzene rings is 1. The van der Waals surface area contributed by atoms with Crippen molar-refractivity contribution in [2.24, 2.45) is 0 Å². The average molecular weight is 222 g/mol. The number of nitrogens with zero attached hydrogens (tertiary/aromatic N) is 1. The molecule has 0 bridgehead atoms. The predicted molar refractivity (Wildman–Crippen MR) is 59.2 cm³/mol. The Labute approximate surface area is 93.6 Å². The van der Waals surface area contributed by atoms with Gasteiger partial charge in [0.25, 0.3) is 5.69 Å². The molecular formula is C11H14N2O3. The first-order valence-electron chi connectivity index (χ1n) is 5.31. The molecule has 1 heterocycles. The van der Waals surface area contributed by atoms with Gasteiger partial charge in [-0.2, -0.15) is 0 Å². The molecule has 1 aliphatic rings. The van der Waals surface area contributed by atoms with Crippen LogP contribution in [-0.2, 0) is 11.3 Å². The van der Waals surface area contributed by atoms with Crippen LogP contribution in [0.1, 0.15) is 12.0 Å². The summed E-state index contributed by atoms with van der Waals surface area (Å²) in [5.41, 5.74) is 1.09. The predicted octanol–water partition coefficient (Wildman–Crippen LogP) is 1.47. The van der Waals surface area contributed by atoms with Gasteiger partial charge < -0.3 is 10.1 Å². The second-order valence-corrected chi connectivity index (χ2v) is 3.85. The van der Waals surface area contributed by atoms with Gasteiger partial charge in [0.05, 0.1) is 17.6 Å². The van der Waals surface area contributed by atoms with Gasteiger partial charge in [-0.25, -0.2) is 0 Å². The standard InChI is InChI=1S/C11H14N2O3/c14-13(15)10-3-1-9(2-4-10)8-16-11-5-6-12-7-11/h1-4,11-12H,5-8H2/t11-/m1/s1. The molecule has 1 N–H and O–H groups in total. The van der Waals surface area contributed by atoms with E-state index in [0.717, 1.165) is 25.1 Å². The zero-order valence-electron chi connectivity index (χ0n) is 8.89. The summed E-state index contributed by atoms with van der Waals surface area (Å²) in [6.45, 7) is 2.42. The molecule has 0 amide bonds. The molecule has 1 aromatic rings. The molecule has 0 aromatic heterocycles. The zero-order valence-corrected chi connectivity index (χ0v) is 8.89. The average Bonchev–Trinajstić information content (AvgIpc) is 2.80. The Morgan fingerprint density at radius 3 is 2.75 bits per heavy atom. The molecule has 16 heavy (non-hydrogen) atoms. The van der Waals surface area contributed by atoms with Crippen LogP contribution in [0.15, 0.2) is 24.3 Å². The molecule has 0 saturated carbocycles. The highest BCUT2D eigenvalue weighted by Crippen LogP contribution is 2.14. The third kappa shape index (κ3) is 2.77. The molecule has 5 heteroatoms. The van der Waals surface area contributed by atoms with Gasteiger partial charge in [0.2, 0.25) is 0 Å². The lowest BCUT2D eigenvalue weighted by molar-refractivity contribution is -0.384. The number of nitro groups is 1. The highest BCUT2D eigenvalue weighted by molar-refractivity contribution is 5.32. The third-order valence-corrected chi connectivity index (χ3v) is 2.65. The lowest BCUT2D eigenvalue weighted by Gasteiger charge is -2.09. The topological polar surface area (TPSA) is 64.4 Å². The Balaban J connectivity index is 1.87. The van der Waals surface area contributed by atoms with Crippen molar-refractivity contribution in [1.29, 1.82) is 0 Å². The van der Waals surface area contributed by atoms with Gasteiger partial charge in [-0.1, -0.05) is 0 Å². The van der Waals surface area contributed by atoms with E-state index >= 15 is 0 Å². The molecule has 0 aliphatic carbocycles. The number of nitrogens with one attached hydrogen (secondary N) is 1. The monoisotopic (exact) mass is 222 g/mol. The molecule has 1 fully saturated rings. The van der Waals surface area contributed by atoms with Crippen LogP contribution in [0.3, 0.4) is 0 Å². The van der Waals surface area contributed by atoms with Crippen molar-refractivity contribution < 1.29 is 9.66 Å². The van der Waals surface area contributed by atoms with Crippen molar-refractivity contribution in [2.45, 2.75) is 19.1 Å². The van der Waals surface area contributed by atoms with Crippen LogP contribution in [0.2, 0.25) is 0 Å². The Bertz CT molecular complexity index is 358. The van der Waals surface area contributed by atoms with Crippen LogP contribution >= 0.6 is 0 Å². The fraction of sp³-hybridized carbons (Fsp3) is 0.455. The largest absolute Gasteiger partial charge is 0.372 e. The maximum Gasteiger partial charge on any atom is 0.269 e. The molecule has 1 saturated heterocycles. The fourth-order valence-electron chi connectivity index (χ4n) is 1.70. The molecule has 0 unspecified atom stereocenters. The summed E-state index contributed by atoms with van der Waals surface area (Å²) in [4.78, 5) is 10.0. The van der Waals surface area contributed by atoms with E-state index in [0.29, 0.717) is 6.61 Å². The number of nitro benzene ring substituents is 1. The molecule has 1 aromatic carbocycles. The first-order valence-corrected chi connectivity index (χ1v) is 5.31. The zero-order chi connectivity index (χ0) is 11.4. The van der Waals surface area contributed by atoms with Crippen LogP contribution in [0.5, 0.6) is 0 Å². The van der Waals surface area contributed by atoms with Crippen LogP contribution in [0.4, 0.5) is 5.69 Å². The van der Waals surface area contributed by atoms with Gasteiger partial charge in [0.1, 0.15) is 0 Å². The Kier molecular flexibility index (Phi) is 3.48. The number of hydrogen-bond donors (Lipinski definition) is 1. The van der Waals surface area contributed by atoms with Gasteiger partial charge in [0, 0.05) is 18.7 Å². The Morgan fingerprint density at radius 2 is 2.19 bits per heavy atom. The van der Waals surface area contributed by atoms with Crippen molar-refractivity contribution in [3.05, 3.63) is 39.9 Å². The number of hydrogen-bond acceptors (Lipinski definition) is 4. The van der Waals surface area contributed by atoms with Crippen LogP contribution in [0.25, 0.3) is 0 Å².